The van der Waals surface area contributed by atoms with Gasteiger partial charge in [-0.25, -0.2) is 13.1 Å². The molecule has 19 heavy (non-hydrogen) atoms. The summed E-state index contributed by atoms with van der Waals surface area (Å²) in [4.78, 5) is 0. The minimum absolute atomic E-state index is 0.149. The number of aryl methyl sites for hydroxylation is 1. The van der Waals surface area contributed by atoms with Crippen molar-refractivity contribution in [3.8, 4) is 0 Å². The quantitative estimate of drug-likeness (QED) is 0.825. The Kier molecular flexibility index (Phi) is 4.96. The molecule has 0 aliphatic heterocycles. The fraction of sp³-hybridized carbons (Fsp3) is 0.571. The number of nitrogens with one attached hydrogen (secondary N) is 1. The van der Waals surface area contributed by atoms with E-state index in [2.05, 4.69) is 4.72 Å². The fourth-order valence-corrected chi connectivity index (χ4v) is 3.65. The summed E-state index contributed by atoms with van der Waals surface area (Å²) in [6.45, 7) is 0.533. The second kappa shape index (κ2) is 6.50. The molecular formula is C14H22N2O2S. The average Bonchev–Trinajstić information content (AvgIpc) is 2.82. The van der Waals surface area contributed by atoms with Crippen molar-refractivity contribution in [3.63, 3.8) is 0 Å². The van der Waals surface area contributed by atoms with Gasteiger partial charge in [0.2, 0.25) is 10.0 Å². The van der Waals surface area contributed by atoms with Crippen molar-refractivity contribution < 1.29 is 8.42 Å². The van der Waals surface area contributed by atoms with Gasteiger partial charge in [0.05, 0.1) is 5.75 Å². The normalized spacial score (nSPS) is 23.6. The lowest BCUT2D eigenvalue weighted by Gasteiger charge is -2.11. The predicted octanol–water partition coefficient (Wildman–Crippen LogP) is 1.28. The van der Waals surface area contributed by atoms with Gasteiger partial charge in [-0.2, -0.15) is 0 Å². The number of hydrogen-bond donors (Lipinski definition) is 2. The monoisotopic (exact) mass is 282 g/mol. The smallest absolute Gasteiger partial charge is 0.211 e. The van der Waals surface area contributed by atoms with Crippen molar-refractivity contribution >= 4 is 10.0 Å². The van der Waals surface area contributed by atoms with Crippen LogP contribution >= 0.6 is 0 Å². The SMILES string of the molecule is NC1CCC(CNS(=O)(=O)CCc2ccccc2)C1. The van der Waals surface area contributed by atoms with E-state index in [0.29, 0.717) is 18.9 Å². The minimum Gasteiger partial charge on any atom is -0.328 e. The average molecular weight is 282 g/mol. The molecule has 0 aromatic heterocycles. The summed E-state index contributed by atoms with van der Waals surface area (Å²) in [5.41, 5.74) is 6.87. The molecule has 2 atom stereocenters. The molecule has 0 bridgehead atoms. The highest BCUT2D eigenvalue weighted by molar-refractivity contribution is 7.89. The molecular weight excluding hydrogens is 260 g/mol. The van der Waals surface area contributed by atoms with E-state index in [1.165, 1.54) is 0 Å². The zero-order chi connectivity index (χ0) is 13.7. The van der Waals surface area contributed by atoms with Crippen LogP contribution in [0.2, 0.25) is 0 Å². The van der Waals surface area contributed by atoms with Crippen molar-refractivity contribution in [1.29, 1.82) is 0 Å². The topological polar surface area (TPSA) is 72.2 Å². The first kappa shape index (κ1) is 14.5. The van der Waals surface area contributed by atoms with Gasteiger partial charge in [0.1, 0.15) is 0 Å². The summed E-state index contributed by atoms with van der Waals surface area (Å²) in [7, 11) is -3.18. The third-order valence-corrected chi connectivity index (χ3v) is 5.02. The number of benzene rings is 1. The van der Waals surface area contributed by atoms with Gasteiger partial charge in [0.25, 0.3) is 0 Å². The summed E-state index contributed by atoms with van der Waals surface area (Å²) >= 11 is 0. The molecule has 106 valence electrons. The van der Waals surface area contributed by atoms with Crippen LogP contribution in [-0.4, -0.2) is 26.8 Å². The van der Waals surface area contributed by atoms with Crippen LogP contribution < -0.4 is 10.5 Å². The molecule has 3 N–H and O–H groups in total. The summed E-state index contributed by atoms with van der Waals surface area (Å²) < 4.78 is 26.5. The van der Waals surface area contributed by atoms with Crippen LogP contribution in [0.25, 0.3) is 0 Å². The Hall–Kier alpha value is -0.910. The minimum atomic E-state index is -3.18. The molecule has 1 aromatic carbocycles. The maximum atomic E-state index is 11.9. The maximum Gasteiger partial charge on any atom is 0.211 e. The number of hydrogen-bond acceptors (Lipinski definition) is 3. The molecule has 5 heteroatoms. The third kappa shape index (κ3) is 4.93. The summed E-state index contributed by atoms with van der Waals surface area (Å²) in [6.07, 6.45) is 3.53. The van der Waals surface area contributed by atoms with Crippen molar-refractivity contribution in [3.05, 3.63) is 35.9 Å². The molecule has 0 heterocycles. The van der Waals surface area contributed by atoms with Crippen LogP contribution in [0.5, 0.6) is 0 Å². The van der Waals surface area contributed by atoms with Gasteiger partial charge in [-0.15, -0.1) is 0 Å². The largest absolute Gasteiger partial charge is 0.328 e. The van der Waals surface area contributed by atoms with Gasteiger partial charge < -0.3 is 5.73 Å². The Morgan fingerprint density at radius 3 is 2.58 bits per heavy atom. The van der Waals surface area contributed by atoms with E-state index in [9.17, 15) is 8.42 Å². The Balaban J connectivity index is 1.76. The second-order valence-electron chi connectivity index (χ2n) is 5.34. The Morgan fingerprint density at radius 1 is 1.21 bits per heavy atom. The van der Waals surface area contributed by atoms with Gasteiger partial charge in [0, 0.05) is 12.6 Å². The van der Waals surface area contributed by atoms with Crippen LogP contribution in [0.4, 0.5) is 0 Å². The Bertz CT molecular complexity index is 487. The van der Waals surface area contributed by atoms with Gasteiger partial charge in [0.15, 0.2) is 0 Å². The highest BCUT2D eigenvalue weighted by Crippen LogP contribution is 2.23. The summed E-state index contributed by atoms with van der Waals surface area (Å²) in [5.74, 6) is 0.553. The number of sulfonamides is 1. The van der Waals surface area contributed by atoms with E-state index in [1.807, 2.05) is 30.3 Å². The van der Waals surface area contributed by atoms with Crippen LogP contribution in [-0.2, 0) is 16.4 Å². The van der Waals surface area contributed by atoms with E-state index in [0.717, 1.165) is 24.8 Å². The van der Waals surface area contributed by atoms with E-state index in [1.54, 1.807) is 0 Å². The standard InChI is InChI=1S/C14H22N2O2S/c15-14-7-6-13(10-14)11-16-19(17,18)9-8-12-4-2-1-3-5-12/h1-5,13-14,16H,6-11,15H2. The number of nitrogens with two attached hydrogens (primary N) is 1. The van der Waals surface area contributed by atoms with Gasteiger partial charge in [-0.1, -0.05) is 30.3 Å². The molecule has 1 aromatic rings. The van der Waals surface area contributed by atoms with Crippen LogP contribution in [0.15, 0.2) is 30.3 Å². The van der Waals surface area contributed by atoms with Crippen molar-refractivity contribution in [2.24, 2.45) is 11.7 Å². The molecule has 0 saturated heterocycles. The van der Waals surface area contributed by atoms with Gasteiger partial charge in [-0.05, 0) is 37.2 Å². The molecule has 1 aliphatic rings. The Morgan fingerprint density at radius 2 is 1.95 bits per heavy atom. The molecule has 0 radical (unpaired) electrons. The molecule has 1 aliphatic carbocycles. The molecule has 4 nitrogen and oxygen atoms in total. The van der Waals surface area contributed by atoms with Crippen molar-refractivity contribution in [2.45, 2.75) is 31.7 Å². The van der Waals surface area contributed by atoms with E-state index in [-0.39, 0.29) is 11.8 Å². The van der Waals surface area contributed by atoms with Gasteiger partial charge in [-0.3, -0.25) is 0 Å². The lowest BCUT2D eigenvalue weighted by Crippen LogP contribution is -2.31. The highest BCUT2D eigenvalue weighted by atomic mass is 32.2. The van der Waals surface area contributed by atoms with E-state index in [4.69, 9.17) is 5.73 Å². The zero-order valence-corrected chi connectivity index (χ0v) is 11.9. The molecule has 2 unspecified atom stereocenters. The van der Waals surface area contributed by atoms with E-state index >= 15 is 0 Å². The highest BCUT2D eigenvalue weighted by Gasteiger charge is 2.23. The summed E-state index contributed by atoms with van der Waals surface area (Å²) in [5, 5.41) is 0. The molecule has 1 fully saturated rings. The molecule has 0 amide bonds. The Labute approximate surface area is 115 Å². The van der Waals surface area contributed by atoms with Crippen LogP contribution in [0.1, 0.15) is 24.8 Å². The second-order valence-corrected chi connectivity index (χ2v) is 7.27. The lowest BCUT2D eigenvalue weighted by molar-refractivity contribution is 0.512. The number of rotatable bonds is 6. The maximum absolute atomic E-state index is 11.9. The lowest BCUT2D eigenvalue weighted by atomic mass is 10.1. The van der Waals surface area contributed by atoms with E-state index < -0.39 is 10.0 Å². The first-order chi connectivity index (χ1) is 9.05. The van der Waals surface area contributed by atoms with Crippen LogP contribution in [0, 0.1) is 5.92 Å². The molecule has 1 saturated carbocycles. The fourth-order valence-electron chi connectivity index (χ4n) is 2.51. The first-order valence-electron chi connectivity index (χ1n) is 6.82. The van der Waals surface area contributed by atoms with Crippen LogP contribution in [0.3, 0.4) is 0 Å². The predicted molar refractivity (Wildman–Crippen MR) is 77.3 cm³/mol. The summed E-state index contributed by atoms with van der Waals surface area (Å²) in [6, 6.07) is 9.93. The zero-order valence-electron chi connectivity index (χ0n) is 11.1. The van der Waals surface area contributed by atoms with Crippen molar-refractivity contribution in [2.75, 3.05) is 12.3 Å². The van der Waals surface area contributed by atoms with Gasteiger partial charge >= 0.3 is 0 Å². The molecule has 2 rings (SSSR count). The first-order valence-corrected chi connectivity index (χ1v) is 8.47. The third-order valence-electron chi connectivity index (χ3n) is 3.68. The molecule has 0 spiro atoms. The van der Waals surface area contributed by atoms with Crippen molar-refractivity contribution in [1.82, 2.24) is 4.72 Å².